The molecule has 0 atom stereocenters. The molecule has 0 aliphatic carbocycles. The Kier molecular flexibility index (Phi) is 3.49. The van der Waals surface area contributed by atoms with Crippen LogP contribution in [0.4, 0.5) is 11.6 Å². The van der Waals surface area contributed by atoms with Crippen LogP contribution in [0.15, 0.2) is 48.8 Å². The number of anilines is 2. The summed E-state index contributed by atoms with van der Waals surface area (Å²) in [5.74, 6) is 1.89. The van der Waals surface area contributed by atoms with E-state index in [1.54, 1.807) is 12.4 Å². The minimum atomic E-state index is 0.925. The molecule has 0 fully saturated rings. The van der Waals surface area contributed by atoms with Gasteiger partial charge in [-0.05, 0) is 30.7 Å². The molecule has 82 valence electrons. The van der Waals surface area contributed by atoms with E-state index in [0.29, 0.717) is 0 Å². The third kappa shape index (κ3) is 2.37. The van der Waals surface area contributed by atoms with Gasteiger partial charge < -0.3 is 4.90 Å². The molecule has 2 aromatic rings. The molecule has 0 bridgehead atoms. The predicted octanol–water partition coefficient (Wildman–Crippen LogP) is 3.02. The van der Waals surface area contributed by atoms with Crippen LogP contribution >= 0.6 is 0 Å². The van der Waals surface area contributed by atoms with E-state index in [2.05, 4.69) is 21.8 Å². The highest BCUT2D eigenvalue weighted by molar-refractivity contribution is 5.55. The molecule has 0 N–H and O–H groups in total. The maximum Gasteiger partial charge on any atom is 0.134 e. The van der Waals surface area contributed by atoms with Gasteiger partial charge in [0.05, 0.1) is 0 Å². The zero-order chi connectivity index (χ0) is 11.2. The lowest BCUT2D eigenvalue weighted by Crippen LogP contribution is -2.19. The molecule has 2 rings (SSSR count). The molecule has 16 heavy (non-hydrogen) atoms. The lowest BCUT2D eigenvalue weighted by Gasteiger charge is -2.21. The van der Waals surface area contributed by atoms with Crippen LogP contribution in [-0.2, 0) is 0 Å². The Morgan fingerprint density at radius 3 is 1.88 bits per heavy atom. The maximum absolute atomic E-state index is 4.36. The van der Waals surface area contributed by atoms with E-state index in [1.807, 2.05) is 36.4 Å². The highest BCUT2D eigenvalue weighted by Gasteiger charge is 2.09. The molecule has 0 radical (unpaired) electrons. The average molecular weight is 213 g/mol. The predicted molar refractivity (Wildman–Crippen MR) is 65.8 cm³/mol. The van der Waals surface area contributed by atoms with Crippen LogP contribution in [0.2, 0.25) is 0 Å². The first-order chi connectivity index (χ1) is 7.92. The van der Waals surface area contributed by atoms with E-state index in [0.717, 1.165) is 24.6 Å². The lowest BCUT2D eigenvalue weighted by atomic mass is 10.3. The molecule has 3 heteroatoms. The van der Waals surface area contributed by atoms with Crippen molar-refractivity contribution in [3.63, 3.8) is 0 Å². The molecule has 0 spiro atoms. The molecular formula is C13H15N3. The van der Waals surface area contributed by atoms with Gasteiger partial charge in [0, 0.05) is 18.9 Å². The normalized spacial score (nSPS) is 10.1. The van der Waals surface area contributed by atoms with E-state index >= 15 is 0 Å². The largest absolute Gasteiger partial charge is 0.311 e. The number of hydrogen-bond donors (Lipinski definition) is 0. The minimum Gasteiger partial charge on any atom is -0.311 e. The van der Waals surface area contributed by atoms with E-state index < -0.39 is 0 Å². The smallest absolute Gasteiger partial charge is 0.134 e. The zero-order valence-corrected chi connectivity index (χ0v) is 9.37. The van der Waals surface area contributed by atoms with Crippen LogP contribution < -0.4 is 4.90 Å². The summed E-state index contributed by atoms with van der Waals surface area (Å²) in [6, 6.07) is 11.8. The summed E-state index contributed by atoms with van der Waals surface area (Å²) in [4.78, 5) is 10.8. The Balaban J connectivity index is 2.31. The van der Waals surface area contributed by atoms with Crippen molar-refractivity contribution in [3.8, 4) is 0 Å². The molecule has 0 saturated heterocycles. The van der Waals surface area contributed by atoms with Crippen molar-refractivity contribution in [2.75, 3.05) is 11.4 Å². The molecular weight excluding hydrogens is 198 g/mol. The summed E-state index contributed by atoms with van der Waals surface area (Å²) in [7, 11) is 0. The number of pyridine rings is 2. The minimum absolute atomic E-state index is 0.925. The van der Waals surface area contributed by atoms with Crippen LogP contribution in [-0.4, -0.2) is 16.5 Å². The highest BCUT2D eigenvalue weighted by atomic mass is 15.2. The molecule has 0 aromatic carbocycles. The van der Waals surface area contributed by atoms with Crippen molar-refractivity contribution >= 4 is 11.6 Å². The van der Waals surface area contributed by atoms with Gasteiger partial charge in [0.1, 0.15) is 11.6 Å². The number of nitrogens with zero attached hydrogens (tertiary/aromatic N) is 3. The first-order valence-corrected chi connectivity index (χ1v) is 5.51. The molecule has 0 aliphatic heterocycles. The third-order valence-corrected chi connectivity index (χ3v) is 2.30. The molecule has 0 aliphatic rings. The Morgan fingerprint density at radius 1 is 0.938 bits per heavy atom. The van der Waals surface area contributed by atoms with Gasteiger partial charge in [-0.15, -0.1) is 0 Å². The Bertz CT molecular complexity index is 374. The van der Waals surface area contributed by atoms with Gasteiger partial charge in [-0.25, -0.2) is 9.97 Å². The molecule has 0 amide bonds. The van der Waals surface area contributed by atoms with Crippen LogP contribution in [0.1, 0.15) is 13.3 Å². The van der Waals surface area contributed by atoms with E-state index in [1.165, 1.54) is 0 Å². The lowest BCUT2D eigenvalue weighted by molar-refractivity contribution is 0.858. The summed E-state index contributed by atoms with van der Waals surface area (Å²) in [6.45, 7) is 3.08. The van der Waals surface area contributed by atoms with Crippen molar-refractivity contribution in [1.29, 1.82) is 0 Å². The Morgan fingerprint density at radius 2 is 1.50 bits per heavy atom. The van der Waals surface area contributed by atoms with Crippen LogP contribution in [0.3, 0.4) is 0 Å². The molecule has 0 unspecified atom stereocenters. The van der Waals surface area contributed by atoms with Crippen LogP contribution in [0.5, 0.6) is 0 Å². The fraction of sp³-hybridized carbons (Fsp3) is 0.231. The fourth-order valence-corrected chi connectivity index (χ4v) is 1.60. The van der Waals surface area contributed by atoms with Gasteiger partial charge in [-0.3, -0.25) is 0 Å². The molecule has 3 nitrogen and oxygen atoms in total. The summed E-state index contributed by atoms with van der Waals surface area (Å²) in [6.07, 6.45) is 4.68. The molecule has 2 aromatic heterocycles. The van der Waals surface area contributed by atoms with Crippen molar-refractivity contribution < 1.29 is 0 Å². The van der Waals surface area contributed by atoms with Gasteiger partial charge in [-0.1, -0.05) is 19.1 Å². The second-order valence-electron chi connectivity index (χ2n) is 3.53. The molecule has 2 heterocycles. The SMILES string of the molecule is CCCN(c1ccccn1)c1ccccn1. The number of hydrogen-bond acceptors (Lipinski definition) is 3. The fourth-order valence-electron chi connectivity index (χ4n) is 1.60. The first kappa shape index (κ1) is 10.6. The first-order valence-electron chi connectivity index (χ1n) is 5.51. The third-order valence-electron chi connectivity index (χ3n) is 2.30. The van der Waals surface area contributed by atoms with Crippen LogP contribution in [0, 0.1) is 0 Å². The number of rotatable bonds is 4. The zero-order valence-electron chi connectivity index (χ0n) is 9.37. The standard InChI is InChI=1S/C13H15N3/c1-2-11-16(12-7-3-5-9-14-12)13-8-4-6-10-15-13/h3-10H,2,11H2,1H3. The van der Waals surface area contributed by atoms with Crippen molar-refractivity contribution in [1.82, 2.24) is 9.97 Å². The summed E-state index contributed by atoms with van der Waals surface area (Å²) < 4.78 is 0. The summed E-state index contributed by atoms with van der Waals surface area (Å²) in [5.41, 5.74) is 0. The highest BCUT2D eigenvalue weighted by Crippen LogP contribution is 2.20. The second-order valence-corrected chi connectivity index (χ2v) is 3.53. The van der Waals surface area contributed by atoms with Gasteiger partial charge in [-0.2, -0.15) is 0 Å². The van der Waals surface area contributed by atoms with Gasteiger partial charge in [0.2, 0.25) is 0 Å². The van der Waals surface area contributed by atoms with Crippen molar-refractivity contribution in [3.05, 3.63) is 48.8 Å². The quantitative estimate of drug-likeness (QED) is 0.781. The van der Waals surface area contributed by atoms with Gasteiger partial charge in [0.25, 0.3) is 0 Å². The molecule has 0 saturated carbocycles. The average Bonchev–Trinajstić information content (AvgIpc) is 2.38. The van der Waals surface area contributed by atoms with Crippen molar-refractivity contribution in [2.45, 2.75) is 13.3 Å². The van der Waals surface area contributed by atoms with Gasteiger partial charge >= 0.3 is 0 Å². The van der Waals surface area contributed by atoms with E-state index in [9.17, 15) is 0 Å². The van der Waals surface area contributed by atoms with E-state index in [4.69, 9.17) is 0 Å². The Labute approximate surface area is 95.8 Å². The second kappa shape index (κ2) is 5.26. The monoisotopic (exact) mass is 213 g/mol. The van der Waals surface area contributed by atoms with E-state index in [-0.39, 0.29) is 0 Å². The van der Waals surface area contributed by atoms with Gasteiger partial charge in [0.15, 0.2) is 0 Å². The summed E-state index contributed by atoms with van der Waals surface area (Å²) >= 11 is 0. The number of aromatic nitrogens is 2. The topological polar surface area (TPSA) is 29.0 Å². The van der Waals surface area contributed by atoms with Crippen LogP contribution in [0.25, 0.3) is 0 Å². The Hall–Kier alpha value is -1.90. The summed E-state index contributed by atoms with van der Waals surface area (Å²) in [5, 5.41) is 0. The maximum atomic E-state index is 4.36. The van der Waals surface area contributed by atoms with Crippen molar-refractivity contribution in [2.24, 2.45) is 0 Å².